The van der Waals surface area contributed by atoms with E-state index in [9.17, 15) is 10.1 Å². The topological polar surface area (TPSA) is 43.1 Å². The first-order valence-corrected chi connectivity index (χ1v) is 3.91. The summed E-state index contributed by atoms with van der Waals surface area (Å²) in [5, 5.41) is 10.3. The molecular weight excluding hydrogens is 222 g/mol. The maximum Gasteiger partial charge on any atom is 0.270 e. The molecule has 0 amide bonds. The third-order valence-electron chi connectivity index (χ3n) is 1.35. The van der Waals surface area contributed by atoms with Crippen LogP contribution in [0.25, 0.3) is 0 Å². The maximum absolute atomic E-state index is 10.3. The average Bonchev–Trinajstić information content (AvgIpc) is 2.05. The molecule has 0 atom stereocenters. The lowest BCUT2D eigenvalue weighted by Crippen LogP contribution is -1.88. The van der Waals surface area contributed by atoms with Crippen LogP contribution in [0.3, 0.4) is 0 Å². The van der Waals surface area contributed by atoms with Gasteiger partial charge in [-0.1, -0.05) is 22.5 Å². The highest BCUT2D eigenvalue weighted by atomic mass is 79.9. The Hall–Kier alpha value is -1.16. The highest BCUT2D eigenvalue weighted by Crippen LogP contribution is 2.21. The van der Waals surface area contributed by atoms with Crippen LogP contribution in [0.5, 0.6) is 0 Å². The van der Waals surface area contributed by atoms with Gasteiger partial charge in [0.25, 0.3) is 5.69 Å². The average molecular weight is 227 g/mol. The van der Waals surface area contributed by atoms with Crippen molar-refractivity contribution in [3.05, 3.63) is 51.0 Å². The van der Waals surface area contributed by atoms with E-state index in [-0.39, 0.29) is 5.69 Å². The van der Waals surface area contributed by atoms with E-state index >= 15 is 0 Å². The number of nitro benzene ring substituents is 1. The van der Waals surface area contributed by atoms with Crippen molar-refractivity contribution >= 4 is 21.6 Å². The van der Waals surface area contributed by atoms with Crippen LogP contribution in [-0.4, -0.2) is 4.92 Å². The third kappa shape index (κ3) is 1.71. The van der Waals surface area contributed by atoms with Crippen molar-refractivity contribution in [2.75, 3.05) is 0 Å². The summed E-state index contributed by atoms with van der Waals surface area (Å²) in [6.45, 7) is 3.41. The van der Waals surface area contributed by atoms with Crippen molar-refractivity contribution in [1.82, 2.24) is 0 Å². The number of nitro groups is 1. The fourth-order valence-corrected chi connectivity index (χ4v) is 1.15. The Balaban J connectivity index is 3.22. The lowest BCUT2D eigenvalue weighted by Gasteiger charge is -1.96. The highest BCUT2D eigenvalue weighted by molar-refractivity contribution is 9.10. The lowest BCUT2D eigenvalue weighted by molar-refractivity contribution is -0.384. The number of hydrogen-bond acceptors (Lipinski definition) is 2. The van der Waals surface area contributed by atoms with Gasteiger partial charge >= 0.3 is 0 Å². The van der Waals surface area contributed by atoms with Crippen molar-refractivity contribution in [1.29, 1.82) is 0 Å². The van der Waals surface area contributed by atoms with Gasteiger partial charge in [0.1, 0.15) is 0 Å². The second kappa shape index (κ2) is 3.49. The first-order valence-electron chi connectivity index (χ1n) is 3.12. The van der Waals surface area contributed by atoms with Crippen molar-refractivity contribution < 1.29 is 4.92 Å². The third-order valence-corrected chi connectivity index (χ3v) is 2.04. The summed E-state index contributed by atoms with van der Waals surface area (Å²) in [5.41, 5.74) is 0.647. The van der Waals surface area contributed by atoms with Gasteiger partial charge in [0.15, 0.2) is 0 Å². The van der Waals surface area contributed by atoms with Crippen LogP contribution in [0.4, 0.5) is 5.69 Å². The van der Waals surface area contributed by atoms with E-state index in [2.05, 4.69) is 28.6 Å². The number of benzene rings is 1. The Bertz CT molecular complexity index is 336. The minimum Gasteiger partial charge on any atom is -0.258 e. The van der Waals surface area contributed by atoms with Crippen LogP contribution in [0, 0.1) is 16.2 Å². The SMILES string of the molecule is C=[C]c1cc([N+](=O)[O-])ccc1Br. The van der Waals surface area contributed by atoms with E-state index < -0.39 is 4.92 Å². The molecular formula is C8H5BrNO2. The standard InChI is InChI=1S/C8H5BrNO2/c1-2-6-5-7(10(11)12)3-4-8(6)9/h3-5H,1H2. The van der Waals surface area contributed by atoms with E-state index in [1.807, 2.05) is 0 Å². The van der Waals surface area contributed by atoms with E-state index in [0.29, 0.717) is 5.56 Å². The molecule has 0 aliphatic heterocycles. The first kappa shape index (κ1) is 8.93. The zero-order valence-corrected chi connectivity index (χ0v) is 7.67. The van der Waals surface area contributed by atoms with Gasteiger partial charge in [0, 0.05) is 22.2 Å². The predicted molar refractivity (Wildman–Crippen MR) is 48.8 cm³/mol. The number of halogens is 1. The molecule has 0 saturated heterocycles. The van der Waals surface area contributed by atoms with Crippen molar-refractivity contribution in [3.63, 3.8) is 0 Å². The van der Waals surface area contributed by atoms with Gasteiger partial charge in [0.05, 0.1) is 4.92 Å². The molecule has 0 bridgehead atoms. The van der Waals surface area contributed by atoms with Crippen LogP contribution in [-0.2, 0) is 0 Å². The molecule has 1 rings (SSSR count). The summed E-state index contributed by atoms with van der Waals surface area (Å²) in [4.78, 5) is 9.87. The summed E-state index contributed by atoms with van der Waals surface area (Å²) < 4.78 is 0.753. The number of hydrogen-bond donors (Lipinski definition) is 0. The largest absolute Gasteiger partial charge is 0.270 e. The molecule has 0 saturated carbocycles. The minimum atomic E-state index is -0.451. The quantitative estimate of drug-likeness (QED) is 0.575. The van der Waals surface area contributed by atoms with E-state index in [1.165, 1.54) is 12.1 Å². The van der Waals surface area contributed by atoms with Gasteiger partial charge < -0.3 is 0 Å². The molecule has 1 aromatic rings. The van der Waals surface area contributed by atoms with Gasteiger partial charge in [-0.2, -0.15) is 0 Å². The maximum atomic E-state index is 10.3. The highest BCUT2D eigenvalue weighted by Gasteiger charge is 2.06. The Labute approximate surface area is 78.0 Å². The van der Waals surface area contributed by atoms with Crippen molar-refractivity contribution in [2.45, 2.75) is 0 Å². The minimum absolute atomic E-state index is 0.0457. The van der Waals surface area contributed by atoms with Gasteiger partial charge in [0.2, 0.25) is 0 Å². The van der Waals surface area contributed by atoms with Gasteiger partial charge in [-0.3, -0.25) is 10.1 Å². The number of rotatable bonds is 2. The van der Waals surface area contributed by atoms with E-state index in [4.69, 9.17) is 0 Å². The zero-order chi connectivity index (χ0) is 9.14. The molecule has 0 fully saturated rings. The summed E-state index contributed by atoms with van der Waals surface area (Å²) in [6, 6.07) is 4.44. The fourth-order valence-electron chi connectivity index (χ4n) is 0.762. The molecule has 0 N–H and O–H groups in total. The van der Waals surface area contributed by atoms with E-state index in [0.717, 1.165) is 4.47 Å². The van der Waals surface area contributed by atoms with Gasteiger partial charge in [-0.05, 0) is 12.1 Å². The Kier molecular flexibility index (Phi) is 2.60. The molecule has 0 spiro atoms. The molecule has 1 radical (unpaired) electrons. The van der Waals surface area contributed by atoms with Gasteiger partial charge in [-0.15, -0.1) is 0 Å². The molecule has 3 nitrogen and oxygen atoms in total. The summed E-state index contributed by atoms with van der Waals surface area (Å²) in [6.07, 6.45) is 2.59. The van der Waals surface area contributed by atoms with Crippen LogP contribution in [0.1, 0.15) is 5.56 Å². The monoisotopic (exact) mass is 226 g/mol. The molecule has 0 unspecified atom stereocenters. The predicted octanol–water partition coefficient (Wildman–Crippen LogP) is 2.69. The van der Waals surface area contributed by atoms with Crippen molar-refractivity contribution in [3.8, 4) is 0 Å². The summed E-state index contributed by atoms with van der Waals surface area (Å²) in [5.74, 6) is 0. The molecule has 0 aliphatic rings. The molecule has 61 valence electrons. The Morgan fingerprint density at radius 3 is 2.75 bits per heavy atom. The zero-order valence-electron chi connectivity index (χ0n) is 6.08. The first-order chi connectivity index (χ1) is 5.65. The molecule has 4 heteroatoms. The van der Waals surface area contributed by atoms with Gasteiger partial charge in [-0.25, -0.2) is 0 Å². The van der Waals surface area contributed by atoms with Crippen LogP contribution < -0.4 is 0 Å². The normalized spacial score (nSPS) is 9.42. The molecule has 0 heterocycles. The summed E-state index contributed by atoms with van der Waals surface area (Å²) in [7, 11) is 0. The second-order valence-electron chi connectivity index (χ2n) is 2.10. The van der Waals surface area contributed by atoms with Crippen LogP contribution >= 0.6 is 15.9 Å². The molecule has 0 aliphatic carbocycles. The van der Waals surface area contributed by atoms with E-state index in [1.54, 1.807) is 6.07 Å². The molecule has 1 aromatic carbocycles. The van der Waals surface area contributed by atoms with Crippen LogP contribution in [0.2, 0.25) is 0 Å². The molecule has 0 aromatic heterocycles. The second-order valence-corrected chi connectivity index (χ2v) is 2.95. The summed E-state index contributed by atoms with van der Waals surface area (Å²) >= 11 is 3.21. The molecule has 12 heavy (non-hydrogen) atoms. The van der Waals surface area contributed by atoms with Crippen molar-refractivity contribution in [2.24, 2.45) is 0 Å². The smallest absolute Gasteiger partial charge is 0.258 e. The fraction of sp³-hybridized carbons (Fsp3) is 0. The number of nitrogens with zero attached hydrogens (tertiary/aromatic N) is 1. The Morgan fingerprint density at radius 1 is 1.58 bits per heavy atom. The lowest BCUT2D eigenvalue weighted by atomic mass is 10.2. The number of non-ortho nitro benzene ring substituents is 1. The Morgan fingerprint density at radius 2 is 2.25 bits per heavy atom. The van der Waals surface area contributed by atoms with Crippen LogP contribution in [0.15, 0.2) is 29.3 Å².